The van der Waals surface area contributed by atoms with Crippen molar-refractivity contribution in [3.63, 3.8) is 0 Å². The Bertz CT molecular complexity index is 1420. The summed E-state index contributed by atoms with van der Waals surface area (Å²) in [5.41, 5.74) is 3.86. The summed E-state index contributed by atoms with van der Waals surface area (Å²) in [6, 6.07) is 19.9. The Morgan fingerprint density at radius 2 is 1.79 bits per heavy atom. The van der Waals surface area contributed by atoms with Crippen LogP contribution in [0.1, 0.15) is 32.8 Å². The van der Waals surface area contributed by atoms with Crippen molar-refractivity contribution in [1.82, 2.24) is 14.7 Å². The molecule has 2 aromatic carbocycles. The summed E-state index contributed by atoms with van der Waals surface area (Å²) in [6.45, 7) is 6.82. The lowest BCUT2D eigenvalue weighted by atomic mass is 9.93. The number of amides is 2. The molecule has 2 amide bonds. The van der Waals surface area contributed by atoms with Gasteiger partial charge >= 0.3 is 0 Å². The minimum atomic E-state index is -0.562. The van der Waals surface area contributed by atoms with Crippen molar-refractivity contribution in [3.8, 4) is 23.0 Å². The Morgan fingerprint density at radius 1 is 1.05 bits per heavy atom. The number of hydrogen-bond acceptors (Lipinski definition) is 6. The number of para-hydroxylation sites is 1. The van der Waals surface area contributed by atoms with Crippen LogP contribution in [-0.2, 0) is 14.3 Å². The summed E-state index contributed by atoms with van der Waals surface area (Å²) in [4.78, 5) is 28.8. The van der Waals surface area contributed by atoms with Gasteiger partial charge < -0.3 is 4.74 Å². The summed E-state index contributed by atoms with van der Waals surface area (Å²) in [7, 11) is 0. The summed E-state index contributed by atoms with van der Waals surface area (Å²) in [5, 5.41) is 14.6. The molecule has 8 heteroatoms. The third-order valence-electron chi connectivity index (χ3n) is 6.20. The molecule has 2 heterocycles. The number of aromatic nitrogens is 2. The Morgan fingerprint density at radius 3 is 2.45 bits per heavy atom. The highest BCUT2D eigenvalue weighted by atomic mass is 32.2. The summed E-state index contributed by atoms with van der Waals surface area (Å²) < 4.78 is 7.15. The van der Waals surface area contributed by atoms with Gasteiger partial charge in [-0.25, -0.2) is 4.68 Å². The Hall–Kier alpha value is -3.93. The maximum atomic E-state index is 13.5. The maximum Gasteiger partial charge on any atom is 0.271 e. The molecule has 0 spiro atoms. The molecule has 7 nitrogen and oxygen atoms in total. The number of imide groups is 1. The SMILES string of the molecule is CCOCCCN1C(=O)C(C#N)=C(C)/C(=C\c2cn(-c3ccccc3)nc2-c2ccc(SCC)cc2)C1=O. The van der Waals surface area contributed by atoms with Gasteiger partial charge in [-0.15, -0.1) is 11.8 Å². The van der Waals surface area contributed by atoms with Crippen LogP contribution < -0.4 is 0 Å². The molecule has 0 saturated heterocycles. The standard InChI is InChI=1S/C30H30N4O3S/c1-4-37-17-9-16-33-29(35)26(21(3)27(19-31)30(33)36)18-23-20-34(24-10-7-6-8-11-24)32-28(23)22-12-14-25(15-13-22)38-5-2/h6-8,10-15,18,20H,4-5,9,16-17H2,1-3H3/b26-18+. The second-order valence-electron chi connectivity index (χ2n) is 8.65. The van der Waals surface area contributed by atoms with Gasteiger partial charge in [-0.1, -0.05) is 37.3 Å². The molecule has 0 bridgehead atoms. The lowest BCUT2D eigenvalue weighted by Gasteiger charge is -2.27. The number of nitrogens with zero attached hydrogens (tertiary/aromatic N) is 4. The highest BCUT2D eigenvalue weighted by molar-refractivity contribution is 7.99. The van der Waals surface area contributed by atoms with E-state index in [1.807, 2.05) is 61.7 Å². The van der Waals surface area contributed by atoms with E-state index in [2.05, 4.69) is 19.1 Å². The minimum absolute atomic E-state index is 0.0230. The van der Waals surface area contributed by atoms with Gasteiger partial charge in [0.15, 0.2) is 0 Å². The van der Waals surface area contributed by atoms with Gasteiger partial charge in [-0.3, -0.25) is 14.5 Å². The van der Waals surface area contributed by atoms with Gasteiger partial charge in [0.1, 0.15) is 11.6 Å². The second kappa shape index (κ2) is 12.5. The van der Waals surface area contributed by atoms with Crippen molar-refractivity contribution < 1.29 is 14.3 Å². The quantitative estimate of drug-likeness (QED) is 0.146. The van der Waals surface area contributed by atoms with Crippen LogP contribution in [0.25, 0.3) is 23.0 Å². The number of carbonyl (C=O) groups excluding carboxylic acids is 2. The molecular formula is C30H30N4O3S. The van der Waals surface area contributed by atoms with E-state index in [-0.39, 0.29) is 12.1 Å². The zero-order valence-electron chi connectivity index (χ0n) is 21.8. The normalized spacial score (nSPS) is 14.9. The number of thioether (sulfide) groups is 1. The largest absolute Gasteiger partial charge is 0.382 e. The Balaban J connectivity index is 1.81. The number of hydrogen-bond donors (Lipinski definition) is 0. The van der Waals surface area contributed by atoms with Crippen molar-refractivity contribution in [2.24, 2.45) is 0 Å². The van der Waals surface area contributed by atoms with Crippen LogP contribution in [0.15, 0.2) is 82.4 Å². The molecule has 38 heavy (non-hydrogen) atoms. The fourth-order valence-corrected chi connectivity index (χ4v) is 4.93. The number of nitriles is 1. The first-order valence-electron chi connectivity index (χ1n) is 12.6. The van der Waals surface area contributed by atoms with Crippen LogP contribution in [0.2, 0.25) is 0 Å². The van der Waals surface area contributed by atoms with Crippen molar-refractivity contribution in [1.29, 1.82) is 5.26 Å². The molecule has 3 aromatic rings. The molecule has 0 aliphatic carbocycles. The fourth-order valence-electron chi connectivity index (χ4n) is 4.26. The lowest BCUT2D eigenvalue weighted by molar-refractivity contribution is -0.140. The molecule has 1 aliphatic rings. The van der Waals surface area contributed by atoms with E-state index in [4.69, 9.17) is 9.84 Å². The van der Waals surface area contributed by atoms with Gasteiger partial charge in [0.2, 0.25) is 0 Å². The maximum absolute atomic E-state index is 13.5. The van der Waals surface area contributed by atoms with E-state index in [0.717, 1.165) is 21.9 Å². The second-order valence-corrected chi connectivity index (χ2v) is 9.99. The highest BCUT2D eigenvalue weighted by Gasteiger charge is 2.35. The molecule has 0 radical (unpaired) electrons. The van der Waals surface area contributed by atoms with Gasteiger partial charge in [-0.05, 0) is 61.9 Å². The summed E-state index contributed by atoms with van der Waals surface area (Å²) >= 11 is 1.76. The van der Waals surface area contributed by atoms with Crippen LogP contribution >= 0.6 is 11.8 Å². The van der Waals surface area contributed by atoms with Gasteiger partial charge in [-0.2, -0.15) is 10.4 Å². The third kappa shape index (κ3) is 5.80. The van der Waals surface area contributed by atoms with Crippen LogP contribution in [0.4, 0.5) is 0 Å². The monoisotopic (exact) mass is 526 g/mol. The van der Waals surface area contributed by atoms with E-state index in [1.165, 1.54) is 4.90 Å². The van der Waals surface area contributed by atoms with Crippen LogP contribution in [-0.4, -0.2) is 52.0 Å². The number of rotatable bonds is 10. The van der Waals surface area contributed by atoms with E-state index >= 15 is 0 Å². The fraction of sp³-hybridized carbons (Fsp3) is 0.267. The lowest BCUT2D eigenvalue weighted by Crippen LogP contribution is -2.43. The molecule has 0 unspecified atom stereocenters. The first kappa shape index (κ1) is 27.1. The molecule has 0 atom stereocenters. The number of carbonyl (C=O) groups is 2. The molecule has 1 aliphatic heterocycles. The highest BCUT2D eigenvalue weighted by Crippen LogP contribution is 2.32. The molecule has 4 rings (SSSR count). The van der Waals surface area contributed by atoms with E-state index in [9.17, 15) is 14.9 Å². The van der Waals surface area contributed by atoms with Crippen molar-refractivity contribution in [2.75, 3.05) is 25.5 Å². The molecule has 1 aromatic heterocycles. The average molecular weight is 527 g/mol. The predicted molar refractivity (Wildman–Crippen MR) is 150 cm³/mol. The molecular weight excluding hydrogens is 496 g/mol. The van der Waals surface area contributed by atoms with Gasteiger partial charge in [0, 0.05) is 47.6 Å². The van der Waals surface area contributed by atoms with Crippen LogP contribution in [0, 0.1) is 11.3 Å². The van der Waals surface area contributed by atoms with E-state index < -0.39 is 11.8 Å². The van der Waals surface area contributed by atoms with Crippen molar-refractivity contribution in [3.05, 3.63) is 83.1 Å². The number of benzene rings is 2. The van der Waals surface area contributed by atoms with Crippen molar-refractivity contribution >= 4 is 29.7 Å². The number of ether oxygens (including phenoxy) is 1. The van der Waals surface area contributed by atoms with Crippen molar-refractivity contribution in [2.45, 2.75) is 32.1 Å². The van der Waals surface area contributed by atoms with Gasteiger partial charge in [0.05, 0.1) is 11.4 Å². The topological polar surface area (TPSA) is 88.2 Å². The average Bonchev–Trinajstić information content (AvgIpc) is 3.36. The predicted octanol–water partition coefficient (Wildman–Crippen LogP) is 5.67. The molecule has 0 N–H and O–H groups in total. The summed E-state index contributed by atoms with van der Waals surface area (Å²) in [6.07, 6.45) is 4.11. The van der Waals surface area contributed by atoms with Gasteiger partial charge in [0.25, 0.3) is 11.8 Å². The zero-order valence-corrected chi connectivity index (χ0v) is 22.6. The zero-order chi connectivity index (χ0) is 27.1. The molecule has 0 saturated carbocycles. The summed E-state index contributed by atoms with van der Waals surface area (Å²) in [5.74, 6) is -0.00221. The van der Waals surface area contributed by atoms with Crippen LogP contribution in [0.3, 0.4) is 0 Å². The molecule has 194 valence electrons. The first-order chi connectivity index (χ1) is 18.5. The Kier molecular flexibility index (Phi) is 8.95. The Labute approximate surface area is 227 Å². The molecule has 0 fully saturated rings. The minimum Gasteiger partial charge on any atom is -0.382 e. The van der Waals surface area contributed by atoms with E-state index in [1.54, 1.807) is 29.4 Å². The van der Waals surface area contributed by atoms with E-state index in [0.29, 0.717) is 42.0 Å². The van der Waals surface area contributed by atoms with Crippen LogP contribution in [0.5, 0.6) is 0 Å². The smallest absolute Gasteiger partial charge is 0.271 e. The third-order valence-corrected chi connectivity index (χ3v) is 7.10. The first-order valence-corrected chi connectivity index (χ1v) is 13.6.